The van der Waals surface area contributed by atoms with Crippen LogP contribution in [0.4, 0.5) is 0 Å². The van der Waals surface area contributed by atoms with Crippen LogP contribution in [-0.4, -0.2) is 48.2 Å². The van der Waals surface area contributed by atoms with Gasteiger partial charge in [0.15, 0.2) is 0 Å². The molecule has 2 aromatic carbocycles. The van der Waals surface area contributed by atoms with E-state index in [1.807, 2.05) is 24.3 Å². The fourth-order valence-corrected chi connectivity index (χ4v) is 3.19. The number of likely N-dealkylation sites (tertiary alicyclic amines) is 1. The Morgan fingerprint density at radius 2 is 1.67 bits per heavy atom. The summed E-state index contributed by atoms with van der Waals surface area (Å²) in [6, 6.07) is 13.8. The summed E-state index contributed by atoms with van der Waals surface area (Å²) < 4.78 is 11.3. The molecule has 1 N–H and O–H groups in total. The van der Waals surface area contributed by atoms with Crippen LogP contribution in [0.3, 0.4) is 0 Å². The summed E-state index contributed by atoms with van der Waals surface area (Å²) in [5, 5.41) is 8.94. The number of para-hydroxylation sites is 1. The largest absolute Gasteiger partial charge is 0.496 e. The third-order valence-corrected chi connectivity index (χ3v) is 4.78. The summed E-state index contributed by atoms with van der Waals surface area (Å²) >= 11 is 0. The number of carbonyl (C=O) groups excluding carboxylic acids is 1. The molecule has 27 heavy (non-hydrogen) atoms. The average Bonchev–Trinajstić information content (AvgIpc) is 2.72. The number of piperidine rings is 1. The zero-order valence-corrected chi connectivity index (χ0v) is 15.3. The summed E-state index contributed by atoms with van der Waals surface area (Å²) in [5.74, 6) is -0.257. The van der Waals surface area contributed by atoms with Gasteiger partial charge in [-0.05, 0) is 43.2 Å². The lowest BCUT2D eigenvalue weighted by Crippen LogP contribution is -2.40. The van der Waals surface area contributed by atoms with E-state index in [-0.39, 0.29) is 17.6 Å². The summed E-state index contributed by atoms with van der Waals surface area (Å²) in [6.07, 6.45) is 1.65. The lowest BCUT2D eigenvalue weighted by atomic mass is 10.1. The fourth-order valence-electron chi connectivity index (χ4n) is 3.19. The van der Waals surface area contributed by atoms with Crippen LogP contribution in [0.5, 0.6) is 5.75 Å². The van der Waals surface area contributed by atoms with Gasteiger partial charge in [-0.1, -0.05) is 18.2 Å². The number of hydrogen-bond acceptors (Lipinski definition) is 4. The average molecular weight is 369 g/mol. The number of carboxylic acids is 1. The highest BCUT2D eigenvalue weighted by Crippen LogP contribution is 2.22. The van der Waals surface area contributed by atoms with E-state index in [0.29, 0.717) is 25.3 Å². The van der Waals surface area contributed by atoms with Crippen LogP contribution in [0.1, 0.15) is 39.1 Å². The number of methoxy groups -OCH3 is 1. The topological polar surface area (TPSA) is 76.1 Å². The van der Waals surface area contributed by atoms with Gasteiger partial charge in [0.25, 0.3) is 5.91 Å². The van der Waals surface area contributed by atoms with Crippen molar-refractivity contribution < 1.29 is 24.2 Å². The first-order chi connectivity index (χ1) is 13.1. The lowest BCUT2D eigenvalue weighted by molar-refractivity contribution is -0.000970. The normalized spacial score (nSPS) is 14.8. The summed E-state index contributed by atoms with van der Waals surface area (Å²) in [4.78, 5) is 25.3. The molecule has 6 nitrogen and oxygen atoms in total. The minimum Gasteiger partial charge on any atom is -0.496 e. The molecule has 1 amide bonds. The number of carbonyl (C=O) groups is 2. The van der Waals surface area contributed by atoms with Crippen molar-refractivity contribution in [2.75, 3.05) is 20.2 Å². The number of rotatable bonds is 6. The molecule has 3 rings (SSSR count). The number of hydrogen-bond donors (Lipinski definition) is 1. The van der Waals surface area contributed by atoms with E-state index in [2.05, 4.69) is 0 Å². The maximum absolute atomic E-state index is 12.6. The summed E-state index contributed by atoms with van der Waals surface area (Å²) in [7, 11) is 1.64. The Morgan fingerprint density at radius 3 is 2.30 bits per heavy atom. The maximum Gasteiger partial charge on any atom is 0.335 e. The number of benzene rings is 2. The number of ether oxygens (including phenoxy) is 2. The van der Waals surface area contributed by atoms with Crippen LogP contribution in [0, 0.1) is 0 Å². The third-order valence-electron chi connectivity index (χ3n) is 4.78. The molecule has 0 aliphatic carbocycles. The van der Waals surface area contributed by atoms with Gasteiger partial charge in [-0.15, -0.1) is 0 Å². The Labute approximate surface area is 158 Å². The van der Waals surface area contributed by atoms with Gasteiger partial charge < -0.3 is 19.5 Å². The Morgan fingerprint density at radius 1 is 1.04 bits per heavy atom. The SMILES string of the molecule is COc1ccccc1COC1CCN(C(=O)c2ccc(C(=O)O)cc2)CC1. The lowest BCUT2D eigenvalue weighted by Gasteiger charge is -2.32. The van der Waals surface area contributed by atoms with Crippen molar-refractivity contribution in [2.45, 2.75) is 25.6 Å². The summed E-state index contributed by atoms with van der Waals surface area (Å²) in [6.45, 7) is 1.73. The highest BCUT2D eigenvalue weighted by Gasteiger charge is 2.24. The van der Waals surface area contributed by atoms with E-state index in [4.69, 9.17) is 14.6 Å². The maximum atomic E-state index is 12.6. The monoisotopic (exact) mass is 369 g/mol. The molecule has 6 heteroatoms. The minimum absolute atomic E-state index is 0.0740. The standard InChI is InChI=1S/C21H23NO5/c1-26-19-5-3-2-4-17(19)14-27-18-10-12-22(13-11-18)20(23)15-6-8-16(9-7-15)21(24)25/h2-9,18H,10-14H2,1H3,(H,24,25). The highest BCUT2D eigenvalue weighted by atomic mass is 16.5. The molecule has 0 radical (unpaired) electrons. The van der Waals surface area contributed by atoms with Crippen LogP contribution < -0.4 is 4.74 Å². The molecule has 0 aromatic heterocycles. The van der Waals surface area contributed by atoms with Crippen molar-refractivity contribution in [1.82, 2.24) is 4.90 Å². The molecule has 0 saturated carbocycles. The van der Waals surface area contributed by atoms with Gasteiger partial charge in [-0.3, -0.25) is 4.79 Å². The second-order valence-electron chi connectivity index (χ2n) is 6.50. The van der Waals surface area contributed by atoms with E-state index < -0.39 is 5.97 Å². The molecule has 1 aliphatic rings. The second kappa shape index (κ2) is 8.68. The fraction of sp³-hybridized carbons (Fsp3) is 0.333. The van der Waals surface area contributed by atoms with Gasteiger partial charge in [-0.2, -0.15) is 0 Å². The van der Waals surface area contributed by atoms with E-state index in [0.717, 1.165) is 24.2 Å². The van der Waals surface area contributed by atoms with Crippen molar-refractivity contribution in [3.8, 4) is 5.75 Å². The van der Waals surface area contributed by atoms with Crippen LogP contribution in [-0.2, 0) is 11.3 Å². The van der Waals surface area contributed by atoms with Crippen LogP contribution >= 0.6 is 0 Å². The number of nitrogens with zero attached hydrogens (tertiary/aromatic N) is 1. The van der Waals surface area contributed by atoms with Gasteiger partial charge in [0.05, 0.1) is 25.4 Å². The molecular formula is C21H23NO5. The Bertz CT molecular complexity index is 794. The van der Waals surface area contributed by atoms with Crippen molar-refractivity contribution in [3.63, 3.8) is 0 Å². The van der Waals surface area contributed by atoms with Crippen LogP contribution in [0.2, 0.25) is 0 Å². The number of amides is 1. The molecule has 0 atom stereocenters. The molecule has 0 unspecified atom stereocenters. The first kappa shape index (κ1) is 18.9. The Hall–Kier alpha value is -2.86. The highest BCUT2D eigenvalue weighted by molar-refractivity contribution is 5.95. The van der Waals surface area contributed by atoms with Crippen LogP contribution in [0.15, 0.2) is 48.5 Å². The quantitative estimate of drug-likeness (QED) is 0.846. The molecule has 142 valence electrons. The Kier molecular flexibility index (Phi) is 6.08. The predicted molar refractivity (Wildman–Crippen MR) is 100 cm³/mol. The van der Waals surface area contributed by atoms with Gasteiger partial charge in [0, 0.05) is 24.2 Å². The molecule has 1 aliphatic heterocycles. The molecule has 1 fully saturated rings. The van der Waals surface area contributed by atoms with Gasteiger partial charge in [-0.25, -0.2) is 4.79 Å². The van der Waals surface area contributed by atoms with E-state index >= 15 is 0 Å². The summed E-state index contributed by atoms with van der Waals surface area (Å²) in [5.41, 5.74) is 1.69. The molecule has 2 aromatic rings. The van der Waals surface area contributed by atoms with E-state index in [1.54, 1.807) is 24.1 Å². The number of aromatic carboxylic acids is 1. The van der Waals surface area contributed by atoms with E-state index in [1.165, 1.54) is 12.1 Å². The minimum atomic E-state index is -0.998. The van der Waals surface area contributed by atoms with Crippen LogP contribution in [0.25, 0.3) is 0 Å². The smallest absolute Gasteiger partial charge is 0.335 e. The first-order valence-electron chi connectivity index (χ1n) is 8.94. The molecule has 1 saturated heterocycles. The third kappa shape index (κ3) is 4.65. The van der Waals surface area contributed by atoms with Crippen molar-refractivity contribution >= 4 is 11.9 Å². The Balaban J connectivity index is 1.51. The zero-order chi connectivity index (χ0) is 19.2. The molecule has 1 heterocycles. The second-order valence-corrected chi connectivity index (χ2v) is 6.50. The van der Waals surface area contributed by atoms with Crippen molar-refractivity contribution in [2.24, 2.45) is 0 Å². The van der Waals surface area contributed by atoms with Gasteiger partial charge in [0.1, 0.15) is 5.75 Å². The molecule has 0 spiro atoms. The molecule has 0 bridgehead atoms. The van der Waals surface area contributed by atoms with Gasteiger partial charge in [0.2, 0.25) is 0 Å². The molecular weight excluding hydrogens is 346 g/mol. The predicted octanol–water partition coefficient (Wildman–Crippen LogP) is 3.21. The van der Waals surface area contributed by atoms with Gasteiger partial charge >= 0.3 is 5.97 Å². The first-order valence-corrected chi connectivity index (χ1v) is 8.94. The van der Waals surface area contributed by atoms with Crippen molar-refractivity contribution in [3.05, 3.63) is 65.2 Å². The zero-order valence-electron chi connectivity index (χ0n) is 15.3. The van der Waals surface area contributed by atoms with E-state index in [9.17, 15) is 9.59 Å². The van der Waals surface area contributed by atoms with Crippen molar-refractivity contribution in [1.29, 1.82) is 0 Å². The number of carboxylic acid groups (broad SMARTS) is 1.